The van der Waals surface area contributed by atoms with Gasteiger partial charge in [-0.05, 0) is 10.6 Å². The van der Waals surface area contributed by atoms with E-state index in [1.165, 1.54) is 15.9 Å². The summed E-state index contributed by atoms with van der Waals surface area (Å²) in [5.74, 6) is 0. The molecule has 0 aromatic heterocycles. The van der Waals surface area contributed by atoms with Gasteiger partial charge in [0.15, 0.2) is 0 Å². The van der Waals surface area contributed by atoms with Gasteiger partial charge in [0.25, 0.3) is 0 Å². The standard InChI is InChI=1S/C20H22PSi/c1-22(2,3)20-15-14-19(16-20)21(17-10-6-4-7-11-17)18-12-8-5-9-13-18/h4-16H,1-3H3/q-1. The summed E-state index contributed by atoms with van der Waals surface area (Å²) in [5.41, 5.74) is 0. The Balaban J connectivity index is 2.09. The average molecular weight is 321 g/mol. The highest BCUT2D eigenvalue weighted by Gasteiger charge is 2.15. The van der Waals surface area contributed by atoms with Gasteiger partial charge >= 0.3 is 0 Å². The molecule has 0 atom stereocenters. The number of hydrogen-bond acceptors (Lipinski definition) is 0. The number of benzene rings is 2. The molecule has 0 saturated carbocycles. The second-order valence-corrected chi connectivity index (χ2v) is 13.9. The molecule has 0 heterocycles. The summed E-state index contributed by atoms with van der Waals surface area (Å²) in [7, 11) is -1.70. The fourth-order valence-electron chi connectivity index (χ4n) is 2.64. The van der Waals surface area contributed by atoms with Crippen molar-refractivity contribution >= 4 is 37.1 Å². The van der Waals surface area contributed by atoms with Gasteiger partial charge in [-0.25, -0.2) is 11.3 Å². The second-order valence-electron chi connectivity index (χ2n) is 6.61. The van der Waals surface area contributed by atoms with Gasteiger partial charge in [0.2, 0.25) is 0 Å². The molecule has 112 valence electrons. The maximum absolute atomic E-state index is 2.46. The van der Waals surface area contributed by atoms with Gasteiger partial charge < -0.3 is 0 Å². The molecule has 0 aliphatic carbocycles. The lowest BCUT2D eigenvalue weighted by molar-refractivity contribution is 1.75. The van der Waals surface area contributed by atoms with Crippen molar-refractivity contribution in [1.29, 1.82) is 0 Å². The normalized spacial score (nSPS) is 11.8. The Morgan fingerprint density at radius 2 is 1.23 bits per heavy atom. The maximum atomic E-state index is 2.46. The van der Waals surface area contributed by atoms with Crippen LogP contribution in [0, 0.1) is 0 Å². The zero-order valence-electron chi connectivity index (χ0n) is 13.5. The van der Waals surface area contributed by atoms with Gasteiger partial charge in [-0.2, -0.15) is 12.1 Å². The Labute approximate surface area is 136 Å². The van der Waals surface area contributed by atoms with Gasteiger partial charge in [0, 0.05) is 8.07 Å². The summed E-state index contributed by atoms with van der Waals surface area (Å²) in [5, 5.41) is 5.89. The van der Waals surface area contributed by atoms with E-state index in [9.17, 15) is 0 Å². The molecule has 2 heteroatoms. The summed E-state index contributed by atoms with van der Waals surface area (Å²) < 4.78 is 0. The zero-order valence-corrected chi connectivity index (χ0v) is 15.3. The molecule has 0 radical (unpaired) electrons. The van der Waals surface area contributed by atoms with Crippen LogP contribution in [0.25, 0.3) is 0 Å². The lowest BCUT2D eigenvalue weighted by Crippen LogP contribution is -2.36. The summed E-state index contributed by atoms with van der Waals surface area (Å²) in [4.78, 5) is 0. The second kappa shape index (κ2) is 6.28. The van der Waals surface area contributed by atoms with Crippen LogP contribution in [-0.4, -0.2) is 8.07 Å². The highest BCUT2D eigenvalue weighted by atomic mass is 31.1. The van der Waals surface area contributed by atoms with E-state index in [1.807, 2.05) is 0 Å². The molecule has 22 heavy (non-hydrogen) atoms. The predicted octanol–water partition coefficient (Wildman–Crippen LogP) is 3.71. The highest BCUT2D eigenvalue weighted by Crippen LogP contribution is 2.32. The number of hydrogen-bond donors (Lipinski definition) is 0. The van der Waals surface area contributed by atoms with E-state index in [0.29, 0.717) is 0 Å². The molecule has 0 bridgehead atoms. The van der Waals surface area contributed by atoms with Crippen LogP contribution in [0.15, 0.2) is 78.9 Å². The molecular formula is C20H22PSi-. The van der Waals surface area contributed by atoms with Crippen molar-refractivity contribution in [3.63, 3.8) is 0 Å². The Morgan fingerprint density at radius 3 is 1.64 bits per heavy atom. The predicted molar refractivity (Wildman–Crippen MR) is 104 cm³/mol. The van der Waals surface area contributed by atoms with Crippen LogP contribution in [0.5, 0.6) is 0 Å². The van der Waals surface area contributed by atoms with E-state index >= 15 is 0 Å². The third-order valence-corrected chi connectivity index (χ3v) is 8.36. The van der Waals surface area contributed by atoms with Gasteiger partial charge in [0.1, 0.15) is 0 Å². The minimum Gasteiger partial charge on any atom is -0.212 e. The summed E-state index contributed by atoms with van der Waals surface area (Å²) in [6.45, 7) is 7.25. The highest BCUT2D eigenvalue weighted by molar-refractivity contribution is 7.79. The van der Waals surface area contributed by atoms with Crippen molar-refractivity contribution in [3.8, 4) is 0 Å². The maximum Gasteiger partial charge on any atom is 0.00394 e. The molecule has 0 amide bonds. The third kappa shape index (κ3) is 3.26. The van der Waals surface area contributed by atoms with Crippen molar-refractivity contribution in [1.82, 2.24) is 0 Å². The minimum absolute atomic E-state index is 0.450. The molecule has 0 aliphatic rings. The Bertz CT molecular complexity index is 684. The Morgan fingerprint density at radius 1 is 0.727 bits per heavy atom. The van der Waals surface area contributed by atoms with Crippen molar-refractivity contribution in [2.24, 2.45) is 0 Å². The lowest BCUT2D eigenvalue weighted by Gasteiger charge is -2.24. The van der Waals surface area contributed by atoms with E-state index in [0.717, 1.165) is 0 Å². The first kappa shape index (κ1) is 15.3. The molecule has 0 fully saturated rings. The minimum atomic E-state index is -1.25. The molecule has 3 aromatic carbocycles. The van der Waals surface area contributed by atoms with Crippen LogP contribution in [0.4, 0.5) is 0 Å². The average Bonchev–Trinajstić information content (AvgIpc) is 2.99. The first-order valence-electron chi connectivity index (χ1n) is 7.73. The largest absolute Gasteiger partial charge is 0.212 e. The monoisotopic (exact) mass is 321 g/mol. The molecule has 0 aliphatic heterocycles. The molecule has 3 aromatic rings. The van der Waals surface area contributed by atoms with Crippen LogP contribution < -0.4 is 21.1 Å². The SMILES string of the molecule is C[Si](C)(C)c1cc[c-](P(c2ccccc2)c2ccccc2)c1. The fraction of sp³-hybridized carbons (Fsp3) is 0.150. The van der Waals surface area contributed by atoms with Crippen molar-refractivity contribution in [2.45, 2.75) is 19.6 Å². The van der Waals surface area contributed by atoms with E-state index in [1.54, 1.807) is 5.19 Å². The molecule has 3 rings (SSSR count). The van der Waals surface area contributed by atoms with Gasteiger partial charge in [-0.15, -0.1) is 5.30 Å². The molecule has 0 spiro atoms. The van der Waals surface area contributed by atoms with Crippen LogP contribution in [0.2, 0.25) is 19.6 Å². The molecule has 0 N–H and O–H groups in total. The Hall–Kier alpha value is -1.56. The van der Waals surface area contributed by atoms with Gasteiger partial charge in [-0.1, -0.05) is 88.2 Å². The van der Waals surface area contributed by atoms with Crippen LogP contribution in [0.1, 0.15) is 0 Å². The van der Waals surface area contributed by atoms with Crippen LogP contribution >= 0.6 is 7.92 Å². The molecule has 0 saturated heterocycles. The van der Waals surface area contributed by atoms with Crippen molar-refractivity contribution in [2.75, 3.05) is 0 Å². The van der Waals surface area contributed by atoms with Gasteiger partial charge in [0.05, 0.1) is 0 Å². The van der Waals surface area contributed by atoms with Crippen molar-refractivity contribution in [3.05, 3.63) is 78.9 Å². The molecule has 0 unspecified atom stereocenters. The zero-order chi connectivity index (χ0) is 15.6. The van der Waals surface area contributed by atoms with E-state index < -0.39 is 16.0 Å². The van der Waals surface area contributed by atoms with E-state index in [2.05, 4.69) is 98.5 Å². The van der Waals surface area contributed by atoms with Crippen LogP contribution in [-0.2, 0) is 0 Å². The summed E-state index contributed by atoms with van der Waals surface area (Å²) in [6.07, 6.45) is 0. The van der Waals surface area contributed by atoms with Gasteiger partial charge in [-0.3, -0.25) is 0 Å². The quantitative estimate of drug-likeness (QED) is 0.390. The van der Waals surface area contributed by atoms with E-state index in [4.69, 9.17) is 0 Å². The first-order valence-corrected chi connectivity index (χ1v) is 12.6. The number of rotatable bonds is 4. The smallest absolute Gasteiger partial charge is 0.00394 e. The first-order chi connectivity index (χ1) is 10.6. The molecule has 0 nitrogen and oxygen atoms in total. The van der Waals surface area contributed by atoms with Crippen molar-refractivity contribution < 1.29 is 0 Å². The lowest BCUT2D eigenvalue weighted by atomic mass is 10.4. The topological polar surface area (TPSA) is 0 Å². The third-order valence-electron chi connectivity index (χ3n) is 3.89. The Kier molecular flexibility index (Phi) is 4.38. The van der Waals surface area contributed by atoms with E-state index in [-0.39, 0.29) is 0 Å². The van der Waals surface area contributed by atoms with Crippen LogP contribution in [0.3, 0.4) is 0 Å². The molecular weight excluding hydrogens is 299 g/mol. The fourth-order valence-corrected chi connectivity index (χ4v) is 6.26. The summed E-state index contributed by atoms with van der Waals surface area (Å²) >= 11 is 0. The summed E-state index contributed by atoms with van der Waals surface area (Å²) in [6, 6.07) is 29.0.